The monoisotopic (exact) mass is 259 g/mol. The predicted molar refractivity (Wildman–Crippen MR) is 70.2 cm³/mol. The van der Waals surface area contributed by atoms with Gasteiger partial charge in [-0.05, 0) is 26.1 Å². The van der Waals surface area contributed by atoms with Gasteiger partial charge in [0.15, 0.2) is 0 Å². The SMILES string of the molecule is Cc1nn(C)c(Cl)c1CN(C)C1CCSC1. The van der Waals surface area contributed by atoms with Gasteiger partial charge in [0.2, 0.25) is 0 Å². The van der Waals surface area contributed by atoms with Gasteiger partial charge in [-0.1, -0.05) is 11.6 Å². The minimum Gasteiger partial charge on any atom is -0.298 e. The van der Waals surface area contributed by atoms with Crippen LogP contribution < -0.4 is 0 Å². The Morgan fingerprint density at radius 2 is 2.38 bits per heavy atom. The molecule has 1 aromatic rings. The molecule has 0 aliphatic carbocycles. The molecule has 0 spiro atoms. The average molecular weight is 260 g/mol. The third-order valence-corrected chi connectivity index (χ3v) is 4.82. The number of hydrogen-bond acceptors (Lipinski definition) is 3. The number of rotatable bonds is 3. The van der Waals surface area contributed by atoms with E-state index in [2.05, 4.69) is 17.0 Å². The van der Waals surface area contributed by atoms with Crippen molar-refractivity contribution >= 4 is 23.4 Å². The highest BCUT2D eigenvalue weighted by Gasteiger charge is 2.22. The van der Waals surface area contributed by atoms with Crippen molar-refractivity contribution in [2.75, 3.05) is 18.6 Å². The van der Waals surface area contributed by atoms with Crippen LogP contribution in [0, 0.1) is 6.92 Å². The van der Waals surface area contributed by atoms with Crippen molar-refractivity contribution in [2.24, 2.45) is 7.05 Å². The summed E-state index contributed by atoms with van der Waals surface area (Å²) in [5, 5.41) is 5.12. The van der Waals surface area contributed by atoms with E-state index < -0.39 is 0 Å². The smallest absolute Gasteiger partial charge is 0.131 e. The third-order valence-electron chi connectivity index (χ3n) is 3.21. The van der Waals surface area contributed by atoms with Crippen LogP contribution in [0.1, 0.15) is 17.7 Å². The fourth-order valence-corrected chi connectivity index (χ4v) is 3.63. The molecular weight excluding hydrogens is 242 g/mol. The van der Waals surface area contributed by atoms with Gasteiger partial charge in [-0.3, -0.25) is 9.58 Å². The van der Waals surface area contributed by atoms with Crippen LogP contribution in [0.25, 0.3) is 0 Å². The van der Waals surface area contributed by atoms with Crippen LogP contribution >= 0.6 is 23.4 Å². The summed E-state index contributed by atoms with van der Waals surface area (Å²) < 4.78 is 1.75. The van der Waals surface area contributed by atoms with Crippen LogP contribution in [0.3, 0.4) is 0 Å². The molecule has 5 heteroatoms. The Bertz CT molecular complexity index is 372. The summed E-state index contributed by atoms with van der Waals surface area (Å²) in [6.45, 7) is 2.93. The van der Waals surface area contributed by atoms with Gasteiger partial charge in [0, 0.05) is 31.0 Å². The standard InChI is InChI=1S/C11H18ClN3S/c1-8-10(11(12)15(3)13-8)6-14(2)9-4-5-16-7-9/h9H,4-7H2,1-3H3. The summed E-state index contributed by atoms with van der Waals surface area (Å²) in [6, 6.07) is 0.695. The Kier molecular flexibility index (Phi) is 3.82. The average Bonchev–Trinajstić information content (AvgIpc) is 2.83. The topological polar surface area (TPSA) is 21.1 Å². The maximum Gasteiger partial charge on any atom is 0.131 e. The molecule has 1 unspecified atom stereocenters. The molecule has 0 saturated carbocycles. The van der Waals surface area contributed by atoms with Crippen LogP contribution in [0.4, 0.5) is 0 Å². The zero-order chi connectivity index (χ0) is 11.7. The van der Waals surface area contributed by atoms with E-state index in [4.69, 9.17) is 11.6 Å². The molecule has 0 N–H and O–H groups in total. The Hall–Kier alpha value is -0.190. The van der Waals surface area contributed by atoms with Crippen molar-refractivity contribution in [1.82, 2.24) is 14.7 Å². The van der Waals surface area contributed by atoms with Crippen molar-refractivity contribution in [3.05, 3.63) is 16.4 Å². The fraction of sp³-hybridized carbons (Fsp3) is 0.727. The van der Waals surface area contributed by atoms with E-state index in [-0.39, 0.29) is 0 Å². The highest BCUT2D eigenvalue weighted by molar-refractivity contribution is 7.99. The molecule has 16 heavy (non-hydrogen) atoms. The lowest BCUT2D eigenvalue weighted by Crippen LogP contribution is -2.31. The van der Waals surface area contributed by atoms with Gasteiger partial charge >= 0.3 is 0 Å². The molecule has 1 atom stereocenters. The van der Waals surface area contributed by atoms with Crippen molar-refractivity contribution in [2.45, 2.75) is 25.9 Å². The molecule has 2 rings (SSSR count). The quantitative estimate of drug-likeness (QED) is 0.831. The van der Waals surface area contributed by atoms with Gasteiger partial charge in [0.05, 0.1) is 5.69 Å². The third kappa shape index (κ3) is 2.39. The zero-order valence-electron chi connectivity index (χ0n) is 10.0. The zero-order valence-corrected chi connectivity index (χ0v) is 11.6. The molecule has 90 valence electrons. The highest BCUT2D eigenvalue weighted by Crippen LogP contribution is 2.25. The van der Waals surface area contributed by atoms with E-state index in [0.29, 0.717) is 6.04 Å². The van der Waals surface area contributed by atoms with E-state index >= 15 is 0 Å². The number of halogens is 1. The van der Waals surface area contributed by atoms with Crippen LogP contribution in [-0.4, -0.2) is 39.3 Å². The first kappa shape index (κ1) is 12.3. The van der Waals surface area contributed by atoms with Crippen molar-refractivity contribution in [3.8, 4) is 0 Å². The summed E-state index contributed by atoms with van der Waals surface area (Å²) in [7, 11) is 4.07. The first-order valence-electron chi connectivity index (χ1n) is 5.55. The first-order valence-corrected chi connectivity index (χ1v) is 7.09. The largest absolute Gasteiger partial charge is 0.298 e. The predicted octanol–water partition coefficient (Wildman–Crippen LogP) is 2.32. The van der Waals surface area contributed by atoms with Gasteiger partial charge in [-0.15, -0.1) is 0 Å². The molecule has 2 heterocycles. The molecule has 3 nitrogen and oxygen atoms in total. The van der Waals surface area contributed by atoms with Gasteiger partial charge < -0.3 is 0 Å². The summed E-state index contributed by atoms with van der Waals surface area (Å²) in [5.41, 5.74) is 2.22. The first-order chi connectivity index (χ1) is 7.59. The molecule has 1 saturated heterocycles. The summed E-state index contributed by atoms with van der Waals surface area (Å²) in [6.07, 6.45) is 1.29. The molecule has 1 aromatic heterocycles. The Balaban J connectivity index is 2.07. The van der Waals surface area contributed by atoms with E-state index in [9.17, 15) is 0 Å². The summed E-state index contributed by atoms with van der Waals surface area (Å²) >= 11 is 8.27. The molecule has 0 aromatic carbocycles. The van der Waals surface area contributed by atoms with Crippen molar-refractivity contribution in [3.63, 3.8) is 0 Å². The van der Waals surface area contributed by atoms with Crippen LogP contribution in [0.5, 0.6) is 0 Å². The second-order valence-corrected chi connectivity index (χ2v) is 5.92. The van der Waals surface area contributed by atoms with Crippen LogP contribution in [0.15, 0.2) is 0 Å². The molecule has 0 bridgehead atoms. The lowest BCUT2D eigenvalue weighted by Gasteiger charge is -2.23. The molecule has 1 aliphatic rings. The Morgan fingerprint density at radius 3 is 2.88 bits per heavy atom. The van der Waals surface area contributed by atoms with Gasteiger partial charge in [-0.2, -0.15) is 16.9 Å². The number of hydrogen-bond donors (Lipinski definition) is 0. The van der Waals surface area contributed by atoms with Crippen LogP contribution in [-0.2, 0) is 13.6 Å². The molecular formula is C11H18ClN3S. The Morgan fingerprint density at radius 1 is 1.62 bits per heavy atom. The lowest BCUT2D eigenvalue weighted by molar-refractivity contribution is 0.254. The normalized spacial score (nSPS) is 20.9. The van der Waals surface area contributed by atoms with E-state index in [1.807, 2.05) is 25.7 Å². The molecule has 0 radical (unpaired) electrons. The molecule has 1 aliphatic heterocycles. The van der Waals surface area contributed by atoms with Gasteiger partial charge in [-0.25, -0.2) is 0 Å². The van der Waals surface area contributed by atoms with E-state index in [0.717, 1.165) is 17.4 Å². The van der Waals surface area contributed by atoms with Crippen LogP contribution in [0.2, 0.25) is 5.15 Å². The minimum absolute atomic E-state index is 0.695. The number of thioether (sulfide) groups is 1. The van der Waals surface area contributed by atoms with Gasteiger partial charge in [0.25, 0.3) is 0 Å². The van der Waals surface area contributed by atoms with Gasteiger partial charge in [0.1, 0.15) is 5.15 Å². The lowest BCUT2D eigenvalue weighted by atomic mass is 10.2. The fourth-order valence-electron chi connectivity index (χ4n) is 2.10. The number of nitrogens with zero attached hydrogens (tertiary/aromatic N) is 3. The van der Waals surface area contributed by atoms with Crippen molar-refractivity contribution < 1.29 is 0 Å². The maximum atomic E-state index is 6.23. The van der Waals surface area contributed by atoms with E-state index in [1.165, 1.54) is 23.5 Å². The number of aromatic nitrogens is 2. The number of aryl methyl sites for hydroxylation is 2. The second-order valence-electron chi connectivity index (χ2n) is 4.41. The molecule has 1 fully saturated rings. The van der Waals surface area contributed by atoms with E-state index in [1.54, 1.807) is 4.68 Å². The minimum atomic E-state index is 0.695. The van der Waals surface area contributed by atoms with Crippen molar-refractivity contribution in [1.29, 1.82) is 0 Å². The summed E-state index contributed by atoms with van der Waals surface area (Å²) in [5.74, 6) is 2.53. The second kappa shape index (κ2) is 4.98. The maximum absolute atomic E-state index is 6.23. The Labute approximate surface area is 106 Å². The summed E-state index contributed by atoms with van der Waals surface area (Å²) in [4.78, 5) is 2.40. The highest BCUT2D eigenvalue weighted by atomic mass is 35.5. The molecule has 0 amide bonds.